The first-order chi connectivity index (χ1) is 9.99. The zero-order valence-corrected chi connectivity index (χ0v) is 15.3. The summed E-state index contributed by atoms with van der Waals surface area (Å²) < 4.78 is 12.9. The highest BCUT2D eigenvalue weighted by atomic mass is 127. The Morgan fingerprint density at radius 2 is 1.77 bits per heavy atom. The van der Waals surface area contributed by atoms with Gasteiger partial charge in [0.1, 0.15) is 11.4 Å². The maximum absolute atomic E-state index is 12.9. The van der Waals surface area contributed by atoms with Crippen LogP contribution in [0.4, 0.5) is 4.39 Å². The normalized spacial score (nSPS) is 19.0. The maximum atomic E-state index is 12.9. The summed E-state index contributed by atoms with van der Waals surface area (Å²) >= 11 is 0. The van der Waals surface area contributed by atoms with Crippen molar-refractivity contribution in [3.63, 3.8) is 0 Å². The first kappa shape index (κ1) is 19.2. The number of hydrogen-bond donors (Lipinski definition) is 2. The van der Waals surface area contributed by atoms with Crippen molar-refractivity contribution >= 4 is 29.9 Å². The molecule has 1 fully saturated rings. The quantitative estimate of drug-likeness (QED) is 0.448. The number of guanidine groups is 1. The van der Waals surface area contributed by atoms with Gasteiger partial charge >= 0.3 is 0 Å². The van der Waals surface area contributed by atoms with Crippen LogP contribution in [-0.4, -0.2) is 35.6 Å². The van der Waals surface area contributed by atoms with E-state index in [9.17, 15) is 9.50 Å². The summed E-state index contributed by atoms with van der Waals surface area (Å²) in [6.45, 7) is 3.68. The van der Waals surface area contributed by atoms with Crippen molar-refractivity contribution in [1.29, 1.82) is 0 Å². The minimum atomic E-state index is -1.15. The molecule has 0 amide bonds. The van der Waals surface area contributed by atoms with Crippen LogP contribution in [0, 0.1) is 5.82 Å². The predicted octanol–water partition coefficient (Wildman–Crippen LogP) is 2.84. The van der Waals surface area contributed by atoms with Crippen LogP contribution < -0.4 is 5.73 Å². The second-order valence-corrected chi connectivity index (χ2v) is 5.86. The van der Waals surface area contributed by atoms with E-state index in [2.05, 4.69) is 9.89 Å². The average Bonchev–Trinajstić information content (AvgIpc) is 2.74. The van der Waals surface area contributed by atoms with Crippen molar-refractivity contribution in [2.75, 3.05) is 19.6 Å². The smallest absolute Gasteiger partial charge is 0.191 e. The number of likely N-dealkylation sites (tertiary alicyclic amines) is 1. The van der Waals surface area contributed by atoms with Gasteiger partial charge in [0, 0.05) is 13.1 Å². The van der Waals surface area contributed by atoms with Crippen LogP contribution in [0.5, 0.6) is 0 Å². The molecule has 1 aliphatic rings. The Balaban J connectivity index is 0.00000242. The van der Waals surface area contributed by atoms with Gasteiger partial charge in [0.05, 0.1) is 6.54 Å². The Morgan fingerprint density at radius 1 is 1.23 bits per heavy atom. The molecule has 0 radical (unpaired) electrons. The molecule has 3 N–H and O–H groups in total. The molecule has 0 bridgehead atoms. The second kappa shape index (κ2) is 8.67. The lowest BCUT2D eigenvalue weighted by atomic mass is 9.96. The molecule has 4 nitrogen and oxygen atoms in total. The molecule has 0 aliphatic carbocycles. The van der Waals surface area contributed by atoms with Gasteiger partial charge in [-0.25, -0.2) is 9.38 Å². The Bertz CT molecular complexity index is 483. The number of benzene rings is 1. The van der Waals surface area contributed by atoms with E-state index in [0.717, 1.165) is 25.9 Å². The van der Waals surface area contributed by atoms with E-state index in [-0.39, 0.29) is 36.3 Å². The molecule has 6 heteroatoms. The lowest BCUT2D eigenvalue weighted by Gasteiger charge is -2.25. The predicted molar refractivity (Wildman–Crippen MR) is 97.9 cm³/mol. The fourth-order valence-electron chi connectivity index (χ4n) is 2.53. The van der Waals surface area contributed by atoms with Gasteiger partial charge in [-0.3, -0.25) is 0 Å². The SMILES string of the molecule is CC(O)(CN=C(N)N1CCCCCC1)c1ccc(F)cc1.I. The highest BCUT2D eigenvalue weighted by Crippen LogP contribution is 2.21. The highest BCUT2D eigenvalue weighted by Gasteiger charge is 2.23. The molecule has 1 heterocycles. The number of hydrogen-bond acceptors (Lipinski definition) is 2. The zero-order chi connectivity index (χ0) is 15.3. The second-order valence-electron chi connectivity index (χ2n) is 5.86. The van der Waals surface area contributed by atoms with Gasteiger partial charge in [-0.1, -0.05) is 25.0 Å². The minimum absolute atomic E-state index is 0. The summed E-state index contributed by atoms with van der Waals surface area (Å²) in [5.74, 6) is 0.168. The lowest BCUT2D eigenvalue weighted by Crippen LogP contribution is -2.39. The number of nitrogens with two attached hydrogens (primary N) is 1. The van der Waals surface area contributed by atoms with Gasteiger partial charge in [0.15, 0.2) is 5.96 Å². The summed E-state index contributed by atoms with van der Waals surface area (Å²) in [4.78, 5) is 6.41. The zero-order valence-electron chi connectivity index (χ0n) is 13.0. The maximum Gasteiger partial charge on any atom is 0.191 e. The van der Waals surface area contributed by atoms with Crippen LogP contribution in [-0.2, 0) is 5.60 Å². The highest BCUT2D eigenvalue weighted by molar-refractivity contribution is 14.0. The third kappa shape index (κ3) is 5.39. The fourth-order valence-corrected chi connectivity index (χ4v) is 2.53. The molecule has 1 saturated heterocycles. The van der Waals surface area contributed by atoms with Crippen LogP contribution in [0.3, 0.4) is 0 Å². The van der Waals surface area contributed by atoms with E-state index in [1.807, 2.05) is 0 Å². The lowest BCUT2D eigenvalue weighted by molar-refractivity contribution is 0.0670. The van der Waals surface area contributed by atoms with Gasteiger partial charge in [-0.2, -0.15) is 0 Å². The van der Waals surface area contributed by atoms with Crippen LogP contribution in [0.15, 0.2) is 29.3 Å². The summed E-state index contributed by atoms with van der Waals surface area (Å²) in [7, 11) is 0. The van der Waals surface area contributed by atoms with E-state index < -0.39 is 5.60 Å². The van der Waals surface area contributed by atoms with E-state index in [0.29, 0.717) is 11.5 Å². The molecule has 1 aliphatic heterocycles. The summed E-state index contributed by atoms with van der Waals surface area (Å²) in [6, 6.07) is 5.83. The summed E-state index contributed by atoms with van der Waals surface area (Å²) in [5, 5.41) is 10.5. The van der Waals surface area contributed by atoms with Crippen molar-refractivity contribution in [3.8, 4) is 0 Å². The largest absolute Gasteiger partial charge is 0.384 e. The van der Waals surface area contributed by atoms with Gasteiger partial charge in [-0.15, -0.1) is 24.0 Å². The van der Waals surface area contributed by atoms with Crippen molar-refractivity contribution in [3.05, 3.63) is 35.6 Å². The third-order valence-corrected chi connectivity index (χ3v) is 3.95. The van der Waals surface area contributed by atoms with Gasteiger partial charge in [-0.05, 0) is 37.5 Å². The molecule has 1 aromatic rings. The van der Waals surface area contributed by atoms with Crippen molar-refractivity contribution < 1.29 is 9.50 Å². The van der Waals surface area contributed by atoms with Crippen LogP contribution in [0.1, 0.15) is 38.2 Å². The fraction of sp³-hybridized carbons (Fsp3) is 0.562. The Morgan fingerprint density at radius 3 is 2.32 bits per heavy atom. The Labute approximate surface area is 148 Å². The molecule has 2 rings (SSSR count). The van der Waals surface area contributed by atoms with Gasteiger partial charge in [0.25, 0.3) is 0 Å². The first-order valence-electron chi connectivity index (χ1n) is 7.52. The van der Waals surface area contributed by atoms with Crippen LogP contribution >= 0.6 is 24.0 Å². The standard InChI is InChI=1S/C16H24FN3O.HI/c1-16(21,13-6-8-14(17)9-7-13)12-19-15(18)20-10-4-2-3-5-11-20;/h6-9,21H,2-5,10-12H2,1H3,(H2,18,19);1H. The number of rotatable bonds is 3. The van der Waals surface area contributed by atoms with Crippen molar-refractivity contribution in [2.45, 2.75) is 38.2 Å². The molecule has 0 aromatic heterocycles. The Hall–Kier alpha value is -0.890. The topological polar surface area (TPSA) is 61.9 Å². The number of aliphatic imine (C=N–C) groups is 1. The van der Waals surface area contributed by atoms with Gasteiger partial charge < -0.3 is 15.7 Å². The van der Waals surface area contributed by atoms with Gasteiger partial charge in [0.2, 0.25) is 0 Å². The Kier molecular flexibility index (Phi) is 7.55. The molecule has 22 heavy (non-hydrogen) atoms. The van der Waals surface area contributed by atoms with Crippen molar-refractivity contribution in [1.82, 2.24) is 4.90 Å². The molecule has 1 atom stereocenters. The molecule has 124 valence electrons. The van der Waals surface area contributed by atoms with E-state index in [4.69, 9.17) is 5.73 Å². The average molecular weight is 421 g/mol. The molecule has 1 aromatic carbocycles. The first-order valence-corrected chi connectivity index (χ1v) is 7.52. The minimum Gasteiger partial charge on any atom is -0.384 e. The molecular weight excluding hydrogens is 396 g/mol. The number of aliphatic hydroxyl groups is 1. The molecular formula is C16H25FIN3O. The van der Waals surface area contributed by atoms with E-state index in [1.165, 1.54) is 25.0 Å². The molecule has 0 saturated carbocycles. The molecule has 1 unspecified atom stereocenters. The van der Waals surface area contributed by atoms with Crippen molar-refractivity contribution in [2.24, 2.45) is 10.7 Å². The monoisotopic (exact) mass is 421 g/mol. The van der Waals surface area contributed by atoms with Crippen LogP contribution in [0.2, 0.25) is 0 Å². The summed E-state index contributed by atoms with van der Waals surface area (Å²) in [5.41, 5.74) is 5.52. The molecule has 0 spiro atoms. The summed E-state index contributed by atoms with van der Waals surface area (Å²) in [6.07, 6.45) is 4.73. The number of halogens is 2. The van der Waals surface area contributed by atoms with E-state index >= 15 is 0 Å². The number of nitrogens with zero attached hydrogens (tertiary/aromatic N) is 2. The third-order valence-electron chi connectivity index (χ3n) is 3.95. The van der Waals surface area contributed by atoms with Crippen LogP contribution in [0.25, 0.3) is 0 Å². The van der Waals surface area contributed by atoms with E-state index in [1.54, 1.807) is 19.1 Å².